The molecule has 0 N–H and O–H groups in total. The summed E-state index contributed by atoms with van der Waals surface area (Å²) in [4.78, 5) is 23.9. The summed E-state index contributed by atoms with van der Waals surface area (Å²) in [5.41, 5.74) is 0. The van der Waals surface area contributed by atoms with E-state index in [9.17, 15) is 9.59 Å². The topological polar surface area (TPSA) is 68.4 Å². The first-order valence-electron chi connectivity index (χ1n) is 12.7. The first-order chi connectivity index (χ1) is 17.1. The second-order valence-corrected chi connectivity index (χ2v) is 18.7. The molecule has 202 valence electrons. The molecule has 1 aliphatic carbocycles. The normalized spacial score (nSPS) is 39.1. The number of hydrogen-bond acceptors (Lipinski definition) is 9. The van der Waals surface area contributed by atoms with E-state index in [0.717, 1.165) is 100 Å². The van der Waals surface area contributed by atoms with Gasteiger partial charge >= 0.3 is 192 Å². The number of thioether (sulfide) groups is 2. The summed E-state index contributed by atoms with van der Waals surface area (Å²) in [5.74, 6) is 3.89. The van der Waals surface area contributed by atoms with Crippen molar-refractivity contribution in [3.8, 4) is 0 Å². The molecule has 0 aromatic rings. The van der Waals surface area contributed by atoms with Crippen molar-refractivity contribution in [3.63, 3.8) is 0 Å². The zero-order valence-electron chi connectivity index (χ0n) is 20.1. The quantitative estimate of drug-likeness (QED) is 0.127. The van der Waals surface area contributed by atoms with Crippen LogP contribution >= 0.6 is 48.8 Å². The maximum absolute atomic E-state index is 11.0. The van der Waals surface area contributed by atoms with E-state index in [0.29, 0.717) is 12.2 Å². The van der Waals surface area contributed by atoms with E-state index in [1.165, 1.54) is 35.0 Å². The van der Waals surface area contributed by atoms with Crippen LogP contribution in [-0.2, 0) is 23.8 Å². The minimum atomic E-state index is -0.292. The monoisotopic (exact) mass is 696 g/mol. The van der Waals surface area contributed by atoms with E-state index in [-0.39, 0.29) is 25.2 Å². The van der Waals surface area contributed by atoms with Crippen LogP contribution in [0, 0.1) is 11.8 Å². The summed E-state index contributed by atoms with van der Waals surface area (Å²) >= 11 is 14.7. The number of cyclic esters (lactones) is 2. The number of rotatable bonds is 8. The van der Waals surface area contributed by atoms with E-state index >= 15 is 0 Å². The van der Waals surface area contributed by atoms with Crippen molar-refractivity contribution in [2.24, 2.45) is 11.8 Å². The van der Waals surface area contributed by atoms with Gasteiger partial charge in [-0.1, -0.05) is 12.8 Å². The Morgan fingerprint density at radius 3 is 1.63 bits per heavy atom. The third kappa shape index (κ3) is 9.88. The molecule has 11 heteroatoms. The second kappa shape index (κ2) is 15.3. The molecule has 0 aromatic carbocycles. The number of fused-ring (bicyclic) bond motifs is 1. The van der Waals surface area contributed by atoms with Gasteiger partial charge in [0.05, 0.1) is 11.8 Å². The van der Waals surface area contributed by atoms with Crippen LogP contribution in [-0.4, -0.2) is 101 Å². The van der Waals surface area contributed by atoms with E-state index in [2.05, 4.69) is 53.5 Å². The number of ether oxygens (including phenoxy) is 3. The average molecular weight is 695 g/mol. The Labute approximate surface area is 243 Å². The Bertz CT molecular complexity index is 649. The molecule has 1 saturated carbocycles. The number of epoxide rings is 2. The molecule has 0 radical (unpaired) electrons. The molecule has 35 heavy (non-hydrogen) atoms. The minimum absolute atomic E-state index is 0. The maximum Gasteiger partial charge on any atom is 0 e. The molecule has 6 fully saturated rings. The second-order valence-electron chi connectivity index (χ2n) is 9.75. The van der Waals surface area contributed by atoms with Crippen LogP contribution in [0.15, 0.2) is 0 Å². The average Bonchev–Trinajstić information content (AvgIpc) is 3.78. The first kappa shape index (κ1) is 29.5. The molecule has 0 amide bonds. The fraction of sp³-hybridized carbons (Fsp3) is 0.917. The van der Waals surface area contributed by atoms with Crippen LogP contribution in [0.3, 0.4) is 0 Å². The first-order valence-corrected chi connectivity index (χ1v) is 20.5. The molecule has 0 bridgehead atoms. The number of esters is 2. The summed E-state index contributed by atoms with van der Waals surface area (Å²) in [6, 6.07) is 0. The molecule has 8 atom stereocenters. The molecule has 5 saturated heterocycles. The fourth-order valence-electron chi connectivity index (χ4n) is 4.61. The van der Waals surface area contributed by atoms with Crippen molar-refractivity contribution in [1.82, 2.24) is 0 Å². The van der Waals surface area contributed by atoms with Crippen molar-refractivity contribution < 1.29 is 25.2 Å². The van der Waals surface area contributed by atoms with Crippen molar-refractivity contribution in [3.05, 3.63) is 0 Å². The van der Waals surface area contributed by atoms with Gasteiger partial charge in [-0.05, 0) is 12.8 Å². The number of hydrogen-bond donors (Lipinski definition) is 2. The van der Waals surface area contributed by atoms with Gasteiger partial charge in [-0.15, -0.1) is 0 Å². The molecule has 5 heterocycles. The summed E-state index contributed by atoms with van der Waals surface area (Å²) in [6.45, 7) is 2.02. The molecule has 6 aliphatic rings. The molecular weight excluding hydrogens is 654 g/mol. The van der Waals surface area contributed by atoms with Gasteiger partial charge in [0, 0.05) is 1.43 Å². The SMILES string of the molecule is C1OC1CSC1C[Se]CC1SCC1CO1.O=C1OC(=O)C2CCCCC12.SCC1CCC(CS)[Se]1.[HH]. The largest absolute Gasteiger partial charge is 0 e. The van der Waals surface area contributed by atoms with Crippen LogP contribution < -0.4 is 0 Å². The van der Waals surface area contributed by atoms with Crippen molar-refractivity contribution in [2.75, 3.05) is 36.2 Å². The van der Waals surface area contributed by atoms with E-state index in [1.54, 1.807) is 0 Å². The third-order valence-electron chi connectivity index (χ3n) is 6.95. The minimum Gasteiger partial charge on any atom is 0 e. The van der Waals surface area contributed by atoms with E-state index in [4.69, 9.17) is 9.47 Å². The summed E-state index contributed by atoms with van der Waals surface area (Å²) in [6.07, 6.45) is 7.82. The van der Waals surface area contributed by atoms with Gasteiger partial charge in [0.2, 0.25) is 0 Å². The Morgan fingerprint density at radius 1 is 0.800 bits per heavy atom. The summed E-state index contributed by atoms with van der Waals surface area (Å²) in [5, 5.41) is 4.79. The van der Waals surface area contributed by atoms with Crippen LogP contribution in [0.5, 0.6) is 0 Å². The molecule has 8 unspecified atom stereocenters. The van der Waals surface area contributed by atoms with Gasteiger partial charge in [0.15, 0.2) is 0 Å². The predicted octanol–water partition coefficient (Wildman–Crippen LogP) is 4.59. The smallest absolute Gasteiger partial charge is 0 e. The molecule has 0 aromatic heterocycles. The predicted molar refractivity (Wildman–Crippen MR) is 156 cm³/mol. The van der Waals surface area contributed by atoms with E-state index < -0.39 is 0 Å². The van der Waals surface area contributed by atoms with Gasteiger partial charge in [0.1, 0.15) is 0 Å². The summed E-state index contributed by atoms with van der Waals surface area (Å²) in [7, 11) is 0. The van der Waals surface area contributed by atoms with Crippen LogP contribution in [0.25, 0.3) is 0 Å². The molecule has 5 aliphatic heterocycles. The van der Waals surface area contributed by atoms with Gasteiger partial charge in [-0.2, -0.15) is 0 Å². The van der Waals surface area contributed by atoms with Crippen molar-refractivity contribution >= 4 is 90.6 Å². The molecular formula is C24H40O5S4Se2. The van der Waals surface area contributed by atoms with Gasteiger partial charge in [-0.25, -0.2) is 0 Å². The number of thiol groups is 2. The van der Waals surface area contributed by atoms with Gasteiger partial charge < -0.3 is 4.74 Å². The van der Waals surface area contributed by atoms with Gasteiger partial charge in [-0.3, -0.25) is 9.59 Å². The Balaban J connectivity index is 0.000000154. The van der Waals surface area contributed by atoms with Crippen LogP contribution in [0.1, 0.15) is 40.0 Å². The maximum atomic E-state index is 11.0. The number of carbonyl (C=O) groups is 2. The third-order valence-corrected chi connectivity index (χ3v) is 18.8. The summed E-state index contributed by atoms with van der Waals surface area (Å²) < 4.78 is 15.1. The fourth-order valence-corrected chi connectivity index (χ4v) is 16.1. The Hall–Kier alpha value is 1.50. The van der Waals surface area contributed by atoms with Crippen molar-refractivity contribution in [2.45, 2.75) is 81.5 Å². The van der Waals surface area contributed by atoms with Crippen LogP contribution in [0.4, 0.5) is 0 Å². The Kier molecular flexibility index (Phi) is 12.9. The number of carbonyl (C=O) groups excluding carboxylic acids is 2. The zero-order valence-corrected chi connectivity index (χ0v) is 26.9. The van der Waals surface area contributed by atoms with Gasteiger partial charge in [0.25, 0.3) is 0 Å². The zero-order chi connectivity index (χ0) is 24.6. The molecule has 0 spiro atoms. The molecule has 6 rings (SSSR count). The van der Waals surface area contributed by atoms with Crippen LogP contribution in [0.2, 0.25) is 20.3 Å². The standard InChI is InChI=1S/C10H16O2S2Se.C8H10O3.C6H12S2Se.H2/c1-7(11-1)3-13-9-5-15-6-10(9)14-4-8-2-12-8;9-7-5-3-1-2-4-6(5)8(10)11-7;7-3-5-1-2-6(4-8)9-5;/h7-10H,1-6H2;5-6H,1-4H2;5-8H,1-4H2;1H. The van der Waals surface area contributed by atoms with Crippen molar-refractivity contribution in [1.29, 1.82) is 0 Å². The van der Waals surface area contributed by atoms with E-state index in [1.807, 2.05) is 0 Å². The molecule has 5 nitrogen and oxygen atoms in total. The Morgan fingerprint density at radius 2 is 1.26 bits per heavy atom.